The molecular weight excluding hydrogens is 308 g/mol. The van der Waals surface area contributed by atoms with Crippen LogP contribution in [0.2, 0.25) is 0 Å². The number of aliphatic hydroxyl groups excluding tert-OH is 2. The molecule has 0 amide bonds. The van der Waals surface area contributed by atoms with Crippen molar-refractivity contribution >= 4 is 32.5 Å². The van der Waals surface area contributed by atoms with E-state index < -0.39 is 0 Å². The molecule has 102 valence electrons. The number of benzene rings is 1. The number of rotatable bonds is 6. The fourth-order valence-electron chi connectivity index (χ4n) is 2.12. The third-order valence-electron chi connectivity index (χ3n) is 2.98. The summed E-state index contributed by atoms with van der Waals surface area (Å²) in [5.41, 5.74) is 1.96. The summed E-state index contributed by atoms with van der Waals surface area (Å²) in [6.07, 6.45) is 2.45. The Balaban J connectivity index is 2.40. The molecular formula is C14H17BrN2O2. The second kappa shape index (κ2) is 6.84. The average Bonchev–Trinajstić information content (AvgIpc) is 2.42. The van der Waals surface area contributed by atoms with Gasteiger partial charge in [-0.2, -0.15) is 0 Å². The topological polar surface area (TPSA) is 56.6 Å². The monoisotopic (exact) mass is 324 g/mol. The molecule has 1 heterocycles. The lowest BCUT2D eigenvalue weighted by atomic mass is 10.1. The summed E-state index contributed by atoms with van der Waals surface area (Å²) < 4.78 is 0.994. The largest absolute Gasteiger partial charge is 0.396 e. The maximum atomic E-state index is 9.19. The van der Waals surface area contributed by atoms with Crippen molar-refractivity contribution in [2.24, 2.45) is 0 Å². The highest BCUT2D eigenvalue weighted by Gasteiger charge is 2.10. The number of nitrogens with zero attached hydrogens (tertiary/aromatic N) is 2. The van der Waals surface area contributed by atoms with E-state index in [4.69, 9.17) is 5.11 Å². The van der Waals surface area contributed by atoms with Gasteiger partial charge >= 0.3 is 0 Å². The third-order valence-corrected chi connectivity index (χ3v) is 3.47. The molecule has 0 aliphatic carbocycles. The molecule has 1 aromatic heterocycles. The zero-order chi connectivity index (χ0) is 13.7. The van der Waals surface area contributed by atoms with Gasteiger partial charge in [-0.05, 0) is 30.7 Å². The maximum Gasteiger partial charge on any atom is 0.0734 e. The SMILES string of the molecule is OCCCN(CCO)c1ccnc2cc(Br)ccc12. The smallest absolute Gasteiger partial charge is 0.0734 e. The average molecular weight is 325 g/mol. The molecule has 0 saturated heterocycles. The lowest BCUT2D eigenvalue weighted by molar-refractivity contribution is 0.281. The van der Waals surface area contributed by atoms with Crippen molar-refractivity contribution < 1.29 is 10.2 Å². The van der Waals surface area contributed by atoms with E-state index in [-0.39, 0.29) is 13.2 Å². The molecule has 0 aliphatic rings. The van der Waals surface area contributed by atoms with Gasteiger partial charge in [0.1, 0.15) is 0 Å². The molecule has 0 atom stereocenters. The normalized spacial score (nSPS) is 10.9. The van der Waals surface area contributed by atoms with Crippen molar-refractivity contribution in [3.05, 3.63) is 34.9 Å². The Hall–Kier alpha value is -1.17. The maximum absolute atomic E-state index is 9.19. The Labute approximate surface area is 120 Å². The Bertz CT molecular complexity index is 548. The zero-order valence-electron chi connectivity index (χ0n) is 10.6. The highest BCUT2D eigenvalue weighted by Crippen LogP contribution is 2.27. The van der Waals surface area contributed by atoms with Crippen molar-refractivity contribution in [2.75, 3.05) is 31.2 Å². The van der Waals surface area contributed by atoms with Crippen LogP contribution in [0.1, 0.15) is 6.42 Å². The van der Waals surface area contributed by atoms with Crippen LogP contribution in [-0.4, -0.2) is 41.5 Å². The van der Waals surface area contributed by atoms with Gasteiger partial charge in [0, 0.05) is 41.4 Å². The third kappa shape index (κ3) is 3.43. The van der Waals surface area contributed by atoms with Gasteiger partial charge in [-0.1, -0.05) is 15.9 Å². The van der Waals surface area contributed by atoms with Crippen LogP contribution in [0.5, 0.6) is 0 Å². The van der Waals surface area contributed by atoms with Crippen LogP contribution in [0.25, 0.3) is 10.9 Å². The van der Waals surface area contributed by atoms with Gasteiger partial charge in [0.05, 0.1) is 12.1 Å². The first-order valence-corrected chi connectivity index (χ1v) is 7.06. The molecule has 5 heteroatoms. The highest BCUT2D eigenvalue weighted by atomic mass is 79.9. The van der Waals surface area contributed by atoms with E-state index >= 15 is 0 Å². The van der Waals surface area contributed by atoms with Gasteiger partial charge in [0.25, 0.3) is 0 Å². The second-order valence-corrected chi connectivity index (χ2v) is 5.20. The van der Waals surface area contributed by atoms with Crippen molar-refractivity contribution in [1.29, 1.82) is 0 Å². The summed E-state index contributed by atoms with van der Waals surface area (Å²) in [6, 6.07) is 7.92. The van der Waals surface area contributed by atoms with Crippen LogP contribution in [0, 0.1) is 0 Å². The fraction of sp³-hybridized carbons (Fsp3) is 0.357. The minimum Gasteiger partial charge on any atom is -0.396 e. The predicted octanol–water partition coefficient (Wildman–Crippen LogP) is 2.18. The van der Waals surface area contributed by atoms with Gasteiger partial charge in [-0.25, -0.2) is 0 Å². The summed E-state index contributed by atoms with van der Waals surface area (Å²) in [7, 11) is 0. The number of hydrogen-bond acceptors (Lipinski definition) is 4. The zero-order valence-corrected chi connectivity index (χ0v) is 12.2. The van der Waals surface area contributed by atoms with Crippen molar-refractivity contribution in [3.63, 3.8) is 0 Å². The number of fused-ring (bicyclic) bond motifs is 1. The summed E-state index contributed by atoms with van der Waals surface area (Å²) in [4.78, 5) is 6.43. The minimum atomic E-state index is 0.0891. The lowest BCUT2D eigenvalue weighted by Gasteiger charge is -2.25. The molecule has 2 aromatic rings. The molecule has 4 nitrogen and oxygen atoms in total. The van der Waals surface area contributed by atoms with Gasteiger partial charge < -0.3 is 15.1 Å². The summed E-state index contributed by atoms with van der Waals surface area (Å²) in [5.74, 6) is 0. The molecule has 0 unspecified atom stereocenters. The van der Waals surface area contributed by atoms with Crippen molar-refractivity contribution in [1.82, 2.24) is 4.98 Å². The quantitative estimate of drug-likeness (QED) is 0.855. The second-order valence-electron chi connectivity index (χ2n) is 4.28. The molecule has 1 aromatic carbocycles. The molecule has 2 N–H and O–H groups in total. The summed E-state index contributed by atoms with van der Waals surface area (Å²) in [5, 5.41) is 19.2. The summed E-state index contributed by atoms with van der Waals surface area (Å²) >= 11 is 3.44. The van der Waals surface area contributed by atoms with E-state index in [0.29, 0.717) is 19.5 Å². The first-order chi connectivity index (χ1) is 9.26. The molecule has 0 saturated carbocycles. The minimum absolute atomic E-state index is 0.0891. The molecule has 0 fully saturated rings. The van der Waals surface area contributed by atoms with E-state index in [9.17, 15) is 5.11 Å². The van der Waals surface area contributed by atoms with Crippen LogP contribution in [-0.2, 0) is 0 Å². The number of aromatic nitrogens is 1. The van der Waals surface area contributed by atoms with Crippen LogP contribution in [0.3, 0.4) is 0 Å². The molecule has 0 spiro atoms. The molecule has 2 rings (SSSR count). The van der Waals surface area contributed by atoms with Crippen LogP contribution >= 0.6 is 15.9 Å². The van der Waals surface area contributed by atoms with Gasteiger partial charge in [-0.3, -0.25) is 4.98 Å². The van der Waals surface area contributed by atoms with E-state index in [0.717, 1.165) is 21.1 Å². The van der Waals surface area contributed by atoms with Gasteiger partial charge in [0.2, 0.25) is 0 Å². The summed E-state index contributed by atoms with van der Waals surface area (Å²) in [6.45, 7) is 1.50. The number of aliphatic hydroxyl groups is 2. The number of pyridine rings is 1. The fourth-order valence-corrected chi connectivity index (χ4v) is 2.47. The Kier molecular flexibility index (Phi) is 5.13. The molecule has 0 aliphatic heterocycles. The van der Waals surface area contributed by atoms with E-state index in [2.05, 4.69) is 25.8 Å². The Morgan fingerprint density at radius 3 is 2.68 bits per heavy atom. The van der Waals surface area contributed by atoms with Crippen molar-refractivity contribution in [3.8, 4) is 0 Å². The Morgan fingerprint density at radius 2 is 1.95 bits per heavy atom. The predicted molar refractivity (Wildman–Crippen MR) is 80.4 cm³/mol. The molecule has 0 radical (unpaired) electrons. The molecule has 19 heavy (non-hydrogen) atoms. The lowest BCUT2D eigenvalue weighted by Crippen LogP contribution is -2.28. The number of anilines is 1. The standard InChI is InChI=1S/C14H17BrN2O2/c15-11-2-3-12-13(10-11)16-5-4-14(12)17(7-9-19)6-1-8-18/h2-5,10,18-19H,1,6-9H2. The van der Waals surface area contributed by atoms with Gasteiger partial charge in [0.15, 0.2) is 0 Å². The van der Waals surface area contributed by atoms with Gasteiger partial charge in [-0.15, -0.1) is 0 Å². The first kappa shape index (κ1) is 14.2. The van der Waals surface area contributed by atoms with Crippen LogP contribution < -0.4 is 4.90 Å². The Morgan fingerprint density at radius 1 is 1.11 bits per heavy atom. The number of halogens is 1. The van der Waals surface area contributed by atoms with E-state index in [1.54, 1.807) is 6.20 Å². The number of hydrogen-bond donors (Lipinski definition) is 2. The van der Waals surface area contributed by atoms with Crippen LogP contribution in [0.15, 0.2) is 34.9 Å². The van der Waals surface area contributed by atoms with E-state index in [1.807, 2.05) is 24.3 Å². The first-order valence-electron chi connectivity index (χ1n) is 6.27. The van der Waals surface area contributed by atoms with Crippen molar-refractivity contribution in [2.45, 2.75) is 6.42 Å². The van der Waals surface area contributed by atoms with E-state index in [1.165, 1.54) is 0 Å². The van der Waals surface area contributed by atoms with Crippen LogP contribution in [0.4, 0.5) is 5.69 Å². The molecule has 0 bridgehead atoms. The highest BCUT2D eigenvalue weighted by molar-refractivity contribution is 9.10.